The summed E-state index contributed by atoms with van der Waals surface area (Å²) < 4.78 is 12.7. The number of ether oxygens (including phenoxy) is 2. The zero-order valence-corrected chi connectivity index (χ0v) is 17.0. The van der Waals surface area contributed by atoms with Gasteiger partial charge in [0.1, 0.15) is 5.82 Å². The van der Waals surface area contributed by atoms with Gasteiger partial charge in [0.25, 0.3) is 0 Å². The summed E-state index contributed by atoms with van der Waals surface area (Å²) in [7, 11) is 5.60. The van der Waals surface area contributed by atoms with Crippen molar-refractivity contribution < 1.29 is 14.3 Å². The lowest BCUT2D eigenvalue weighted by atomic mass is 10.2. The van der Waals surface area contributed by atoms with Crippen LogP contribution in [-0.4, -0.2) is 43.5 Å². The number of para-hydroxylation sites is 2. The molecule has 152 valence electrons. The van der Waals surface area contributed by atoms with Crippen LogP contribution in [0.1, 0.15) is 12.0 Å². The molecule has 0 aliphatic rings. The van der Waals surface area contributed by atoms with E-state index in [-0.39, 0.29) is 18.9 Å². The summed E-state index contributed by atoms with van der Waals surface area (Å²) in [5.74, 6) is 1.79. The van der Waals surface area contributed by atoms with Crippen molar-refractivity contribution in [1.82, 2.24) is 9.78 Å². The summed E-state index contributed by atoms with van der Waals surface area (Å²) in [6.07, 6.45) is 1.90. The number of anilines is 2. The van der Waals surface area contributed by atoms with Crippen LogP contribution in [0.5, 0.6) is 11.5 Å². The molecule has 29 heavy (non-hydrogen) atoms. The fourth-order valence-corrected chi connectivity index (χ4v) is 2.83. The molecule has 7 nitrogen and oxygen atoms in total. The maximum Gasteiger partial charge on any atom is 0.228 e. The predicted octanol–water partition coefficient (Wildman–Crippen LogP) is 3.41. The summed E-state index contributed by atoms with van der Waals surface area (Å²) in [6.45, 7) is 0.834. The number of hydrogen-bond donors (Lipinski definition) is 1. The topological polar surface area (TPSA) is 68.6 Å². The van der Waals surface area contributed by atoms with Crippen molar-refractivity contribution in [2.24, 2.45) is 0 Å². The standard InChI is InChI=1S/C22H26N4O3/c1-25(2)18-10-8-17(9-11-18)16-26-21(12-14-23-26)24-22(27)13-15-29-20-7-5-4-6-19(20)28-3/h4-12,14H,13,15-16H2,1-3H3,(H,24,27). The molecule has 0 bridgehead atoms. The third kappa shape index (κ3) is 5.51. The SMILES string of the molecule is COc1ccccc1OCCC(=O)Nc1ccnn1Cc1ccc(N(C)C)cc1. The third-order valence-corrected chi connectivity index (χ3v) is 4.42. The largest absolute Gasteiger partial charge is 0.493 e. The van der Waals surface area contributed by atoms with Crippen LogP contribution in [0.4, 0.5) is 11.5 Å². The van der Waals surface area contributed by atoms with E-state index >= 15 is 0 Å². The molecular weight excluding hydrogens is 368 g/mol. The number of amides is 1. The Balaban J connectivity index is 1.53. The number of nitrogens with zero attached hydrogens (tertiary/aromatic N) is 3. The molecule has 0 radical (unpaired) electrons. The molecule has 0 saturated heterocycles. The van der Waals surface area contributed by atoms with Gasteiger partial charge in [0.2, 0.25) is 5.91 Å². The van der Waals surface area contributed by atoms with E-state index in [0.717, 1.165) is 11.3 Å². The molecule has 1 aromatic heterocycles. The number of rotatable bonds is 9. The van der Waals surface area contributed by atoms with Gasteiger partial charge in [0.15, 0.2) is 11.5 Å². The Morgan fingerprint density at radius 1 is 1.07 bits per heavy atom. The summed E-state index contributed by atoms with van der Waals surface area (Å²) in [4.78, 5) is 14.4. The van der Waals surface area contributed by atoms with E-state index in [1.165, 1.54) is 0 Å². The van der Waals surface area contributed by atoms with E-state index in [1.54, 1.807) is 24.1 Å². The Bertz CT molecular complexity index is 935. The maximum atomic E-state index is 12.3. The highest BCUT2D eigenvalue weighted by Gasteiger charge is 2.09. The van der Waals surface area contributed by atoms with Gasteiger partial charge in [-0.25, -0.2) is 4.68 Å². The van der Waals surface area contributed by atoms with Gasteiger partial charge in [-0.05, 0) is 29.8 Å². The van der Waals surface area contributed by atoms with Crippen molar-refractivity contribution in [2.45, 2.75) is 13.0 Å². The van der Waals surface area contributed by atoms with Gasteiger partial charge < -0.3 is 19.7 Å². The maximum absolute atomic E-state index is 12.3. The Morgan fingerprint density at radius 3 is 2.48 bits per heavy atom. The molecule has 7 heteroatoms. The number of hydrogen-bond acceptors (Lipinski definition) is 5. The first-order chi connectivity index (χ1) is 14.1. The van der Waals surface area contributed by atoms with Gasteiger partial charge in [-0.3, -0.25) is 4.79 Å². The molecule has 0 fully saturated rings. The highest BCUT2D eigenvalue weighted by atomic mass is 16.5. The molecule has 0 aliphatic heterocycles. The van der Waals surface area contributed by atoms with Crippen molar-refractivity contribution >= 4 is 17.4 Å². The van der Waals surface area contributed by atoms with E-state index in [9.17, 15) is 4.79 Å². The van der Waals surface area contributed by atoms with Crippen LogP contribution in [0.25, 0.3) is 0 Å². The Kier molecular flexibility index (Phi) is 6.73. The quantitative estimate of drug-likeness (QED) is 0.602. The molecule has 0 saturated carbocycles. The van der Waals surface area contributed by atoms with E-state index in [0.29, 0.717) is 23.9 Å². The van der Waals surface area contributed by atoms with Crippen molar-refractivity contribution in [1.29, 1.82) is 0 Å². The smallest absolute Gasteiger partial charge is 0.228 e. The molecular formula is C22H26N4O3. The summed E-state index contributed by atoms with van der Waals surface area (Å²) in [5, 5.41) is 7.21. The van der Waals surface area contributed by atoms with E-state index < -0.39 is 0 Å². The molecule has 1 N–H and O–H groups in total. The number of benzene rings is 2. The number of carbonyl (C=O) groups is 1. The van der Waals surface area contributed by atoms with Crippen LogP contribution < -0.4 is 19.7 Å². The first-order valence-corrected chi connectivity index (χ1v) is 9.40. The first-order valence-electron chi connectivity index (χ1n) is 9.40. The second kappa shape index (κ2) is 9.64. The molecule has 3 aromatic rings. The van der Waals surface area contributed by atoms with E-state index in [4.69, 9.17) is 9.47 Å². The van der Waals surface area contributed by atoms with Gasteiger partial charge >= 0.3 is 0 Å². The average Bonchev–Trinajstić information content (AvgIpc) is 3.15. The van der Waals surface area contributed by atoms with E-state index in [1.807, 2.05) is 38.4 Å². The lowest BCUT2D eigenvalue weighted by Gasteiger charge is -2.13. The van der Waals surface area contributed by atoms with Crippen LogP contribution in [0.3, 0.4) is 0 Å². The number of carbonyl (C=O) groups excluding carboxylic acids is 1. The molecule has 0 spiro atoms. The van der Waals surface area contributed by atoms with Crippen molar-refractivity contribution in [3.63, 3.8) is 0 Å². The molecule has 3 rings (SSSR count). The second-order valence-electron chi connectivity index (χ2n) is 6.73. The van der Waals surface area contributed by atoms with Crippen LogP contribution in [0, 0.1) is 0 Å². The monoisotopic (exact) mass is 394 g/mol. The van der Waals surface area contributed by atoms with Gasteiger partial charge in [-0.15, -0.1) is 0 Å². The van der Waals surface area contributed by atoms with Crippen molar-refractivity contribution in [3.05, 3.63) is 66.4 Å². The zero-order valence-electron chi connectivity index (χ0n) is 17.0. The number of nitrogens with one attached hydrogen (secondary N) is 1. The van der Waals surface area contributed by atoms with Crippen LogP contribution in [0.2, 0.25) is 0 Å². The molecule has 1 heterocycles. The summed E-state index contributed by atoms with van der Waals surface area (Å²) in [6, 6.07) is 17.4. The number of aromatic nitrogens is 2. The van der Waals surface area contributed by atoms with Crippen molar-refractivity contribution in [3.8, 4) is 11.5 Å². The molecule has 1 amide bonds. The summed E-state index contributed by atoms with van der Waals surface area (Å²) in [5.41, 5.74) is 2.24. The number of methoxy groups -OCH3 is 1. The van der Waals surface area contributed by atoms with Gasteiger partial charge in [-0.2, -0.15) is 5.10 Å². The molecule has 0 aliphatic carbocycles. The fourth-order valence-electron chi connectivity index (χ4n) is 2.83. The average molecular weight is 394 g/mol. The molecule has 0 unspecified atom stereocenters. The third-order valence-electron chi connectivity index (χ3n) is 4.42. The molecule has 0 atom stereocenters. The Hall–Kier alpha value is -3.48. The van der Waals surface area contributed by atoms with Crippen LogP contribution >= 0.6 is 0 Å². The van der Waals surface area contributed by atoms with E-state index in [2.05, 4.69) is 39.6 Å². The van der Waals surface area contributed by atoms with Crippen LogP contribution in [0.15, 0.2) is 60.8 Å². The summed E-state index contributed by atoms with van der Waals surface area (Å²) >= 11 is 0. The highest BCUT2D eigenvalue weighted by molar-refractivity contribution is 5.89. The second-order valence-corrected chi connectivity index (χ2v) is 6.73. The van der Waals surface area contributed by atoms with Gasteiger partial charge in [0.05, 0.1) is 32.9 Å². The van der Waals surface area contributed by atoms with Crippen molar-refractivity contribution in [2.75, 3.05) is 38.0 Å². The molecule has 2 aromatic carbocycles. The van der Waals surface area contributed by atoms with Gasteiger partial charge in [0, 0.05) is 25.8 Å². The zero-order chi connectivity index (χ0) is 20.6. The lowest BCUT2D eigenvalue weighted by molar-refractivity contribution is -0.116. The fraction of sp³-hybridized carbons (Fsp3) is 0.273. The predicted molar refractivity (Wildman–Crippen MR) is 114 cm³/mol. The minimum Gasteiger partial charge on any atom is -0.493 e. The first kappa shape index (κ1) is 20.3. The Morgan fingerprint density at radius 2 is 1.79 bits per heavy atom. The highest BCUT2D eigenvalue weighted by Crippen LogP contribution is 2.25. The van der Waals surface area contributed by atoms with Gasteiger partial charge in [-0.1, -0.05) is 24.3 Å². The minimum atomic E-state index is -0.135. The lowest BCUT2D eigenvalue weighted by Crippen LogP contribution is -2.18. The van der Waals surface area contributed by atoms with Crippen LogP contribution in [-0.2, 0) is 11.3 Å². The Labute approximate surface area is 170 Å². The minimum absolute atomic E-state index is 0.135. The normalized spacial score (nSPS) is 10.4.